The molecule has 1 aliphatic rings. The van der Waals surface area contributed by atoms with Crippen molar-refractivity contribution in [1.29, 1.82) is 0 Å². The maximum absolute atomic E-state index is 11.7. The predicted molar refractivity (Wildman–Crippen MR) is 71.1 cm³/mol. The van der Waals surface area contributed by atoms with Crippen LogP contribution in [0.2, 0.25) is 0 Å². The number of carbonyl (C=O) groups excluding carboxylic acids is 3. The number of ether oxygens (including phenoxy) is 2. The van der Waals surface area contributed by atoms with E-state index in [1.807, 2.05) is 0 Å². The molecule has 1 heterocycles. The number of esters is 2. The first-order valence-electron chi connectivity index (χ1n) is 6.76. The second-order valence-corrected chi connectivity index (χ2v) is 5.07. The van der Waals surface area contributed by atoms with Gasteiger partial charge in [0.25, 0.3) is 0 Å². The average molecular weight is 300 g/mol. The van der Waals surface area contributed by atoms with Gasteiger partial charge >= 0.3 is 11.9 Å². The summed E-state index contributed by atoms with van der Waals surface area (Å²) in [5.41, 5.74) is 0. The molecule has 0 saturated carbocycles. The Morgan fingerprint density at radius 2 is 1.71 bits per heavy atom. The zero-order chi connectivity index (χ0) is 16.0. The van der Waals surface area contributed by atoms with Crippen LogP contribution in [0.15, 0.2) is 12.2 Å². The van der Waals surface area contributed by atoms with Crippen LogP contribution in [0.5, 0.6) is 0 Å². The van der Waals surface area contributed by atoms with Gasteiger partial charge in [0.2, 0.25) is 0 Å². The molecule has 7 nitrogen and oxygen atoms in total. The van der Waals surface area contributed by atoms with Crippen molar-refractivity contribution in [3.63, 3.8) is 0 Å². The summed E-state index contributed by atoms with van der Waals surface area (Å²) in [5, 5.41) is 19.3. The molecule has 0 aromatic heterocycles. The predicted octanol–water partition coefficient (Wildman–Crippen LogP) is -0.119. The number of hydrogen-bond acceptors (Lipinski definition) is 7. The fraction of sp³-hybridized carbons (Fsp3) is 0.643. The summed E-state index contributed by atoms with van der Waals surface area (Å²) in [6.45, 7) is 3.13. The first-order valence-corrected chi connectivity index (χ1v) is 6.76. The standard InChI is InChI=1S/C14H20O7/c1-8-4-3-5-13(18)20-9(2)6-10(15)11(16)7-12(17)14(19)21-8/h3,5,8-10,12,15,17H,4,6-7H2,1-2H3/b5-3+/t8-,9+,10-,12-/m1/s1. The Balaban J connectivity index is 2.83. The molecule has 21 heavy (non-hydrogen) atoms. The third kappa shape index (κ3) is 6.05. The van der Waals surface area contributed by atoms with Crippen molar-refractivity contribution in [2.45, 2.75) is 57.5 Å². The summed E-state index contributed by atoms with van der Waals surface area (Å²) >= 11 is 0. The maximum atomic E-state index is 11.7. The number of ketones is 1. The summed E-state index contributed by atoms with van der Waals surface area (Å²) in [6, 6.07) is 0. The first-order chi connectivity index (χ1) is 9.79. The molecule has 2 N–H and O–H groups in total. The normalized spacial score (nSPS) is 34.6. The average Bonchev–Trinajstić information content (AvgIpc) is 2.36. The van der Waals surface area contributed by atoms with Gasteiger partial charge in [-0.25, -0.2) is 9.59 Å². The number of rotatable bonds is 0. The van der Waals surface area contributed by atoms with E-state index in [0.29, 0.717) is 0 Å². The Hall–Kier alpha value is -1.73. The van der Waals surface area contributed by atoms with Gasteiger partial charge in [-0.3, -0.25) is 4.79 Å². The molecule has 4 atom stereocenters. The smallest absolute Gasteiger partial charge is 0.335 e. The van der Waals surface area contributed by atoms with Gasteiger partial charge in [-0.15, -0.1) is 0 Å². The summed E-state index contributed by atoms with van der Waals surface area (Å²) < 4.78 is 9.91. The minimum absolute atomic E-state index is 0.101. The lowest BCUT2D eigenvalue weighted by Gasteiger charge is -2.19. The van der Waals surface area contributed by atoms with Crippen molar-refractivity contribution < 1.29 is 34.1 Å². The van der Waals surface area contributed by atoms with Crippen molar-refractivity contribution in [2.24, 2.45) is 0 Å². The Morgan fingerprint density at radius 1 is 1.05 bits per heavy atom. The topological polar surface area (TPSA) is 110 Å². The van der Waals surface area contributed by atoms with Crippen LogP contribution in [0, 0.1) is 0 Å². The molecular weight excluding hydrogens is 280 g/mol. The van der Waals surface area contributed by atoms with Crippen LogP contribution in [-0.2, 0) is 23.9 Å². The van der Waals surface area contributed by atoms with Gasteiger partial charge in [0.1, 0.15) is 18.3 Å². The highest BCUT2D eigenvalue weighted by Gasteiger charge is 2.27. The number of hydrogen-bond donors (Lipinski definition) is 2. The molecule has 0 radical (unpaired) electrons. The number of Topliss-reactive ketones (excluding diaryl/α,β-unsaturated/α-hetero) is 1. The van der Waals surface area contributed by atoms with Crippen LogP contribution in [0.1, 0.15) is 33.1 Å². The van der Waals surface area contributed by atoms with Crippen molar-refractivity contribution in [1.82, 2.24) is 0 Å². The fourth-order valence-corrected chi connectivity index (χ4v) is 1.82. The first kappa shape index (κ1) is 17.3. The highest BCUT2D eigenvalue weighted by Crippen LogP contribution is 2.10. The Kier molecular flexibility index (Phi) is 6.51. The number of carbonyl (C=O) groups is 3. The lowest BCUT2D eigenvalue weighted by molar-refractivity contribution is -0.160. The minimum atomic E-state index is -1.61. The zero-order valence-electron chi connectivity index (χ0n) is 12.0. The molecule has 0 spiro atoms. The third-order valence-corrected chi connectivity index (χ3v) is 2.95. The third-order valence-electron chi connectivity index (χ3n) is 2.95. The molecule has 0 unspecified atom stereocenters. The van der Waals surface area contributed by atoms with E-state index < -0.39 is 48.6 Å². The molecule has 0 saturated heterocycles. The Labute approximate surface area is 122 Å². The van der Waals surface area contributed by atoms with Gasteiger partial charge in [-0.05, 0) is 13.8 Å². The molecule has 1 rings (SSSR count). The quantitative estimate of drug-likeness (QED) is 0.600. The van der Waals surface area contributed by atoms with Crippen LogP contribution in [0.25, 0.3) is 0 Å². The highest BCUT2D eigenvalue weighted by atomic mass is 16.6. The molecule has 0 bridgehead atoms. The van der Waals surface area contributed by atoms with Gasteiger partial charge in [-0.2, -0.15) is 0 Å². The van der Waals surface area contributed by atoms with Gasteiger partial charge in [-0.1, -0.05) is 6.08 Å². The summed E-state index contributed by atoms with van der Waals surface area (Å²) in [7, 11) is 0. The van der Waals surface area contributed by atoms with Crippen LogP contribution >= 0.6 is 0 Å². The van der Waals surface area contributed by atoms with E-state index in [1.54, 1.807) is 13.8 Å². The van der Waals surface area contributed by atoms with E-state index in [-0.39, 0.29) is 12.8 Å². The molecule has 118 valence electrons. The Morgan fingerprint density at radius 3 is 2.38 bits per heavy atom. The lowest BCUT2D eigenvalue weighted by atomic mass is 10.0. The van der Waals surface area contributed by atoms with Crippen molar-refractivity contribution >= 4 is 17.7 Å². The van der Waals surface area contributed by atoms with Crippen LogP contribution in [-0.4, -0.2) is 52.4 Å². The molecule has 0 amide bonds. The van der Waals surface area contributed by atoms with E-state index in [9.17, 15) is 24.6 Å². The Bertz CT molecular complexity index is 429. The lowest BCUT2D eigenvalue weighted by Crippen LogP contribution is -2.34. The van der Waals surface area contributed by atoms with Crippen LogP contribution in [0.3, 0.4) is 0 Å². The van der Waals surface area contributed by atoms with Gasteiger partial charge in [0, 0.05) is 25.3 Å². The molecule has 1 aliphatic heterocycles. The SMILES string of the molecule is C[C@@H]1C/C=C/C(=O)O[C@@H](C)C[C@@H](O)C(=O)C[C@@H](O)C(=O)O1. The number of cyclic esters (lactones) is 2. The largest absolute Gasteiger partial charge is 0.460 e. The fourth-order valence-electron chi connectivity index (χ4n) is 1.82. The summed E-state index contributed by atoms with van der Waals surface area (Å²) in [5.74, 6) is -2.23. The number of aliphatic hydroxyl groups excluding tert-OH is 2. The van der Waals surface area contributed by atoms with Crippen LogP contribution < -0.4 is 0 Å². The van der Waals surface area contributed by atoms with E-state index in [1.165, 1.54) is 12.2 Å². The second-order valence-electron chi connectivity index (χ2n) is 5.07. The van der Waals surface area contributed by atoms with E-state index >= 15 is 0 Å². The maximum Gasteiger partial charge on any atom is 0.335 e. The molecule has 0 aromatic carbocycles. The van der Waals surface area contributed by atoms with Crippen molar-refractivity contribution in [3.05, 3.63) is 12.2 Å². The van der Waals surface area contributed by atoms with E-state index in [4.69, 9.17) is 9.47 Å². The van der Waals surface area contributed by atoms with Crippen molar-refractivity contribution in [3.8, 4) is 0 Å². The molecule has 0 aromatic rings. The van der Waals surface area contributed by atoms with Crippen molar-refractivity contribution in [2.75, 3.05) is 0 Å². The van der Waals surface area contributed by atoms with Gasteiger partial charge in [0.05, 0.1) is 0 Å². The summed E-state index contributed by atoms with van der Waals surface area (Å²) in [4.78, 5) is 34.7. The van der Waals surface area contributed by atoms with Gasteiger partial charge in [0.15, 0.2) is 11.9 Å². The second kappa shape index (κ2) is 7.90. The monoisotopic (exact) mass is 300 g/mol. The minimum Gasteiger partial charge on any atom is -0.460 e. The highest BCUT2D eigenvalue weighted by molar-refractivity contribution is 5.88. The molecule has 0 fully saturated rings. The van der Waals surface area contributed by atoms with Gasteiger partial charge < -0.3 is 19.7 Å². The van der Waals surface area contributed by atoms with Crippen LogP contribution in [0.4, 0.5) is 0 Å². The zero-order valence-corrected chi connectivity index (χ0v) is 12.0. The number of aliphatic hydroxyl groups is 2. The molecule has 7 heteroatoms. The van der Waals surface area contributed by atoms with E-state index in [2.05, 4.69) is 0 Å². The summed E-state index contributed by atoms with van der Waals surface area (Å²) in [6.07, 6.45) is -1.93. The van der Waals surface area contributed by atoms with E-state index in [0.717, 1.165) is 0 Å². The molecule has 0 aliphatic carbocycles. The molecular formula is C14H20O7.